The van der Waals surface area contributed by atoms with Crippen LogP contribution in [0.2, 0.25) is 0 Å². The molecule has 0 unspecified atom stereocenters. The predicted octanol–water partition coefficient (Wildman–Crippen LogP) is 1.55. The van der Waals surface area contributed by atoms with E-state index in [1.54, 1.807) is 12.1 Å². The normalized spacial score (nSPS) is 14.4. The van der Waals surface area contributed by atoms with Crippen molar-refractivity contribution in [2.45, 2.75) is 26.7 Å². The van der Waals surface area contributed by atoms with Crippen LogP contribution in [-0.4, -0.2) is 28.9 Å². The topological polar surface area (TPSA) is 71.2 Å². The first-order valence-electron chi connectivity index (χ1n) is 6.38. The number of carbonyl (C=O) groups excluding carboxylic acids is 1. The fraction of sp³-hybridized carbons (Fsp3) is 0.538. The average molecular weight is 248 g/mol. The summed E-state index contributed by atoms with van der Waals surface area (Å²) < 4.78 is 0. The van der Waals surface area contributed by atoms with E-state index in [0.717, 1.165) is 18.8 Å². The fourth-order valence-corrected chi connectivity index (χ4v) is 2.02. The lowest BCUT2D eigenvalue weighted by atomic mass is 10.2. The number of anilines is 1. The quantitative estimate of drug-likeness (QED) is 0.612. The van der Waals surface area contributed by atoms with Gasteiger partial charge in [0.15, 0.2) is 0 Å². The minimum atomic E-state index is 0.0615. The molecule has 0 spiro atoms. The van der Waals surface area contributed by atoms with Crippen molar-refractivity contribution >= 4 is 11.7 Å². The molecular weight excluding hydrogens is 228 g/mol. The van der Waals surface area contributed by atoms with Gasteiger partial charge in [-0.05, 0) is 44.7 Å². The number of hydrazine groups is 1. The summed E-state index contributed by atoms with van der Waals surface area (Å²) in [4.78, 5) is 18.5. The van der Waals surface area contributed by atoms with Gasteiger partial charge in [-0.25, -0.2) is 10.8 Å². The number of nitrogens with two attached hydrogens (primary N) is 1. The summed E-state index contributed by atoms with van der Waals surface area (Å²) >= 11 is 0. The second-order valence-electron chi connectivity index (χ2n) is 4.81. The molecule has 1 aromatic heterocycles. The van der Waals surface area contributed by atoms with Gasteiger partial charge in [-0.2, -0.15) is 0 Å². The van der Waals surface area contributed by atoms with Crippen molar-refractivity contribution in [2.75, 3.05) is 18.5 Å². The van der Waals surface area contributed by atoms with Crippen LogP contribution in [0.15, 0.2) is 12.1 Å². The summed E-state index contributed by atoms with van der Waals surface area (Å²) in [5, 5.41) is 0. The van der Waals surface area contributed by atoms with Crippen LogP contribution in [0.3, 0.4) is 0 Å². The van der Waals surface area contributed by atoms with Gasteiger partial charge in [0.05, 0.1) is 0 Å². The van der Waals surface area contributed by atoms with Gasteiger partial charge >= 0.3 is 0 Å². The molecule has 0 bridgehead atoms. The zero-order valence-electron chi connectivity index (χ0n) is 10.9. The van der Waals surface area contributed by atoms with Crippen molar-refractivity contribution in [1.29, 1.82) is 0 Å². The average Bonchev–Trinajstić information content (AvgIpc) is 3.18. The second kappa shape index (κ2) is 5.35. The number of pyridine rings is 1. The molecule has 1 fully saturated rings. The van der Waals surface area contributed by atoms with Crippen molar-refractivity contribution in [2.24, 2.45) is 11.8 Å². The van der Waals surface area contributed by atoms with E-state index in [-0.39, 0.29) is 5.91 Å². The Bertz CT molecular complexity index is 443. The highest BCUT2D eigenvalue weighted by molar-refractivity contribution is 5.95. The molecule has 1 saturated carbocycles. The van der Waals surface area contributed by atoms with E-state index >= 15 is 0 Å². The number of nitrogens with zero attached hydrogens (tertiary/aromatic N) is 2. The molecule has 1 aliphatic carbocycles. The Kier molecular flexibility index (Phi) is 3.81. The number of nitrogens with one attached hydrogen (secondary N) is 1. The first-order chi connectivity index (χ1) is 8.63. The van der Waals surface area contributed by atoms with E-state index in [2.05, 4.69) is 10.4 Å². The molecule has 1 aromatic rings. The van der Waals surface area contributed by atoms with E-state index < -0.39 is 0 Å². The molecule has 98 valence electrons. The summed E-state index contributed by atoms with van der Waals surface area (Å²) in [5.41, 5.74) is 3.93. The maximum atomic E-state index is 12.4. The Morgan fingerprint density at radius 3 is 2.83 bits per heavy atom. The number of hydrogen-bond acceptors (Lipinski definition) is 4. The van der Waals surface area contributed by atoms with Crippen LogP contribution < -0.4 is 11.3 Å². The standard InChI is InChI=1S/C13H20N4O/c1-3-17(8-10-4-5-10)13(18)11-6-9(2)15-12(7-11)16-14/h6-7,10H,3-5,8,14H2,1-2H3,(H,15,16). The molecule has 18 heavy (non-hydrogen) atoms. The molecule has 0 aliphatic heterocycles. The molecule has 0 saturated heterocycles. The number of carbonyl (C=O) groups is 1. The largest absolute Gasteiger partial charge is 0.339 e. The zero-order valence-corrected chi connectivity index (χ0v) is 10.9. The maximum absolute atomic E-state index is 12.4. The summed E-state index contributed by atoms with van der Waals surface area (Å²) in [6.45, 7) is 5.47. The second-order valence-corrected chi connectivity index (χ2v) is 4.81. The molecule has 2 rings (SSSR count). The van der Waals surface area contributed by atoms with Gasteiger partial charge in [0, 0.05) is 24.3 Å². The number of aromatic nitrogens is 1. The molecule has 5 heteroatoms. The summed E-state index contributed by atoms with van der Waals surface area (Å²) in [6, 6.07) is 3.50. The lowest BCUT2D eigenvalue weighted by Crippen LogP contribution is -2.32. The smallest absolute Gasteiger partial charge is 0.254 e. The molecule has 0 radical (unpaired) electrons. The van der Waals surface area contributed by atoms with Crippen LogP contribution in [-0.2, 0) is 0 Å². The fourth-order valence-electron chi connectivity index (χ4n) is 2.02. The van der Waals surface area contributed by atoms with Gasteiger partial charge in [0.25, 0.3) is 5.91 Å². The Morgan fingerprint density at radius 2 is 2.28 bits per heavy atom. The Balaban J connectivity index is 2.17. The Hall–Kier alpha value is -1.62. The Morgan fingerprint density at radius 1 is 1.56 bits per heavy atom. The van der Waals surface area contributed by atoms with E-state index in [9.17, 15) is 4.79 Å². The van der Waals surface area contributed by atoms with E-state index in [0.29, 0.717) is 17.3 Å². The highest BCUT2D eigenvalue weighted by Gasteiger charge is 2.26. The van der Waals surface area contributed by atoms with Crippen molar-refractivity contribution in [1.82, 2.24) is 9.88 Å². The van der Waals surface area contributed by atoms with Gasteiger partial charge in [-0.3, -0.25) is 4.79 Å². The predicted molar refractivity (Wildman–Crippen MR) is 71.1 cm³/mol. The Labute approximate surface area is 107 Å². The number of nitrogen functional groups attached to an aromatic ring is 1. The van der Waals surface area contributed by atoms with Crippen molar-refractivity contribution in [3.05, 3.63) is 23.4 Å². The number of rotatable bonds is 5. The van der Waals surface area contributed by atoms with Crippen molar-refractivity contribution in [3.63, 3.8) is 0 Å². The molecule has 3 N–H and O–H groups in total. The molecule has 5 nitrogen and oxygen atoms in total. The SMILES string of the molecule is CCN(CC1CC1)C(=O)c1cc(C)nc(NN)c1. The van der Waals surface area contributed by atoms with Gasteiger partial charge in [-0.15, -0.1) is 0 Å². The highest BCUT2D eigenvalue weighted by Crippen LogP contribution is 2.30. The zero-order chi connectivity index (χ0) is 13.1. The molecular formula is C13H20N4O. The van der Waals surface area contributed by atoms with Crippen molar-refractivity contribution < 1.29 is 4.79 Å². The number of aryl methyl sites for hydroxylation is 1. The van der Waals surface area contributed by atoms with Crippen LogP contribution in [0.25, 0.3) is 0 Å². The third-order valence-electron chi connectivity index (χ3n) is 3.19. The van der Waals surface area contributed by atoms with Crippen LogP contribution in [0.4, 0.5) is 5.82 Å². The van der Waals surface area contributed by atoms with Crippen LogP contribution in [0.1, 0.15) is 35.8 Å². The van der Waals surface area contributed by atoms with Gasteiger partial charge < -0.3 is 10.3 Å². The molecule has 0 aromatic carbocycles. The maximum Gasteiger partial charge on any atom is 0.254 e. The summed E-state index contributed by atoms with van der Waals surface area (Å²) in [7, 11) is 0. The third-order valence-corrected chi connectivity index (χ3v) is 3.19. The lowest BCUT2D eigenvalue weighted by Gasteiger charge is -2.21. The number of hydrogen-bond donors (Lipinski definition) is 2. The molecule has 0 atom stereocenters. The van der Waals surface area contributed by atoms with Crippen LogP contribution in [0.5, 0.6) is 0 Å². The lowest BCUT2D eigenvalue weighted by molar-refractivity contribution is 0.0756. The van der Waals surface area contributed by atoms with Crippen LogP contribution >= 0.6 is 0 Å². The minimum Gasteiger partial charge on any atom is -0.339 e. The molecule has 1 amide bonds. The van der Waals surface area contributed by atoms with E-state index in [4.69, 9.17) is 5.84 Å². The number of amides is 1. The van der Waals surface area contributed by atoms with E-state index in [1.807, 2.05) is 18.7 Å². The van der Waals surface area contributed by atoms with Gasteiger partial charge in [0.2, 0.25) is 0 Å². The van der Waals surface area contributed by atoms with Crippen molar-refractivity contribution in [3.8, 4) is 0 Å². The minimum absolute atomic E-state index is 0.0615. The third kappa shape index (κ3) is 2.98. The monoisotopic (exact) mass is 248 g/mol. The summed E-state index contributed by atoms with van der Waals surface area (Å²) in [5.74, 6) is 6.64. The molecule has 1 heterocycles. The van der Waals surface area contributed by atoms with Gasteiger partial charge in [0.1, 0.15) is 5.82 Å². The first kappa shape index (κ1) is 12.8. The first-order valence-corrected chi connectivity index (χ1v) is 6.38. The summed E-state index contributed by atoms with van der Waals surface area (Å²) in [6.07, 6.45) is 2.49. The van der Waals surface area contributed by atoms with Crippen LogP contribution in [0, 0.1) is 12.8 Å². The van der Waals surface area contributed by atoms with E-state index in [1.165, 1.54) is 12.8 Å². The van der Waals surface area contributed by atoms with Gasteiger partial charge in [-0.1, -0.05) is 0 Å². The molecule has 1 aliphatic rings. The highest BCUT2D eigenvalue weighted by atomic mass is 16.2.